The first kappa shape index (κ1) is 15.0. The molecule has 0 atom stereocenters. The molecule has 3 rings (SSSR count). The highest BCUT2D eigenvalue weighted by Gasteiger charge is 2.14. The third kappa shape index (κ3) is 3.14. The van der Waals surface area contributed by atoms with Crippen LogP contribution in [0.2, 0.25) is 0 Å². The number of ether oxygens (including phenoxy) is 1. The van der Waals surface area contributed by atoms with Crippen molar-refractivity contribution in [2.75, 3.05) is 11.9 Å². The maximum absolute atomic E-state index is 12.4. The highest BCUT2D eigenvalue weighted by Crippen LogP contribution is 2.21. The van der Waals surface area contributed by atoms with E-state index < -0.39 is 0 Å². The van der Waals surface area contributed by atoms with Crippen molar-refractivity contribution in [3.63, 3.8) is 0 Å². The third-order valence-corrected chi connectivity index (χ3v) is 3.28. The Morgan fingerprint density at radius 2 is 2.22 bits per heavy atom. The summed E-state index contributed by atoms with van der Waals surface area (Å²) in [6, 6.07) is 7.21. The number of hydrogen-bond donors (Lipinski definition) is 2. The van der Waals surface area contributed by atoms with E-state index in [1.165, 1.54) is 0 Å². The van der Waals surface area contributed by atoms with Crippen molar-refractivity contribution in [2.45, 2.75) is 13.5 Å². The number of nitrogens with zero attached hydrogens (tertiary/aromatic N) is 3. The second-order valence-corrected chi connectivity index (χ2v) is 4.87. The van der Waals surface area contributed by atoms with Gasteiger partial charge in [0.15, 0.2) is 11.6 Å². The van der Waals surface area contributed by atoms with Gasteiger partial charge in [0, 0.05) is 25.1 Å². The Morgan fingerprint density at radius 1 is 1.35 bits per heavy atom. The molecule has 0 unspecified atom stereocenters. The Kier molecular flexibility index (Phi) is 4.20. The molecular weight excluding hydrogens is 294 g/mol. The minimum atomic E-state index is -0.345. The van der Waals surface area contributed by atoms with E-state index in [-0.39, 0.29) is 5.91 Å². The molecule has 23 heavy (non-hydrogen) atoms. The zero-order valence-corrected chi connectivity index (χ0v) is 12.7. The van der Waals surface area contributed by atoms with E-state index in [1.54, 1.807) is 28.9 Å². The predicted molar refractivity (Wildman–Crippen MR) is 86.4 cm³/mol. The number of fused-ring (bicyclic) bond motifs is 1. The van der Waals surface area contributed by atoms with Crippen LogP contribution in [0.25, 0.3) is 5.65 Å². The lowest BCUT2D eigenvalue weighted by atomic mass is 10.3. The van der Waals surface area contributed by atoms with Crippen LogP contribution >= 0.6 is 0 Å². The average Bonchev–Trinajstić information content (AvgIpc) is 3.00. The van der Waals surface area contributed by atoms with Crippen molar-refractivity contribution in [2.24, 2.45) is 5.73 Å². The van der Waals surface area contributed by atoms with Gasteiger partial charge in [-0.3, -0.25) is 4.79 Å². The summed E-state index contributed by atoms with van der Waals surface area (Å²) >= 11 is 0. The summed E-state index contributed by atoms with van der Waals surface area (Å²) in [6.45, 7) is 2.79. The SMILES string of the molecule is CCOc1cccnc1NC(=O)c1cn2cc(CN)ccc2n1. The number of pyridine rings is 2. The van der Waals surface area contributed by atoms with Crippen LogP contribution in [0.5, 0.6) is 5.75 Å². The number of nitrogens with one attached hydrogen (secondary N) is 1. The molecule has 0 fully saturated rings. The molecule has 0 spiro atoms. The second kappa shape index (κ2) is 6.45. The Balaban J connectivity index is 1.86. The molecule has 7 nitrogen and oxygen atoms in total. The Hall–Kier alpha value is -2.93. The fraction of sp³-hybridized carbons (Fsp3) is 0.188. The van der Waals surface area contributed by atoms with Crippen molar-refractivity contribution >= 4 is 17.4 Å². The molecule has 0 saturated heterocycles. The fourth-order valence-electron chi connectivity index (χ4n) is 2.20. The Labute approximate surface area is 133 Å². The first-order chi connectivity index (χ1) is 11.2. The van der Waals surface area contributed by atoms with Crippen LogP contribution < -0.4 is 15.8 Å². The van der Waals surface area contributed by atoms with Gasteiger partial charge in [0.05, 0.1) is 6.61 Å². The number of carbonyl (C=O) groups excluding carboxylic acids is 1. The topological polar surface area (TPSA) is 94.5 Å². The van der Waals surface area contributed by atoms with E-state index in [9.17, 15) is 4.79 Å². The minimum Gasteiger partial charge on any atom is -0.490 e. The van der Waals surface area contributed by atoms with Gasteiger partial charge < -0.3 is 20.2 Å². The molecule has 0 aliphatic heterocycles. The van der Waals surface area contributed by atoms with Crippen molar-refractivity contribution in [1.29, 1.82) is 0 Å². The molecule has 7 heteroatoms. The zero-order valence-electron chi connectivity index (χ0n) is 12.7. The quantitative estimate of drug-likeness (QED) is 0.749. The standard InChI is InChI=1S/C16H17N5O2/c1-2-23-13-4-3-7-18-15(13)20-16(22)12-10-21-9-11(8-17)5-6-14(21)19-12/h3-7,9-10H,2,8,17H2,1H3,(H,18,20,22). The highest BCUT2D eigenvalue weighted by atomic mass is 16.5. The second-order valence-electron chi connectivity index (χ2n) is 4.87. The first-order valence-corrected chi connectivity index (χ1v) is 7.28. The van der Waals surface area contributed by atoms with E-state index in [0.29, 0.717) is 36.1 Å². The first-order valence-electron chi connectivity index (χ1n) is 7.28. The third-order valence-electron chi connectivity index (χ3n) is 3.28. The molecule has 1 amide bonds. The molecule has 0 aromatic carbocycles. The minimum absolute atomic E-state index is 0.298. The number of aromatic nitrogens is 3. The molecule has 3 aromatic heterocycles. The molecule has 0 radical (unpaired) electrons. The van der Waals surface area contributed by atoms with Gasteiger partial charge in [-0.25, -0.2) is 9.97 Å². The summed E-state index contributed by atoms with van der Waals surface area (Å²) in [5, 5.41) is 2.73. The largest absolute Gasteiger partial charge is 0.490 e. The number of hydrogen-bond acceptors (Lipinski definition) is 5. The molecule has 0 aliphatic rings. The van der Waals surface area contributed by atoms with Crippen LogP contribution in [-0.4, -0.2) is 26.9 Å². The van der Waals surface area contributed by atoms with Gasteiger partial charge in [-0.15, -0.1) is 0 Å². The average molecular weight is 311 g/mol. The smallest absolute Gasteiger partial charge is 0.277 e. The maximum Gasteiger partial charge on any atom is 0.277 e. The van der Waals surface area contributed by atoms with Crippen molar-refractivity contribution < 1.29 is 9.53 Å². The number of carbonyl (C=O) groups is 1. The molecule has 3 heterocycles. The van der Waals surface area contributed by atoms with E-state index in [2.05, 4.69) is 15.3 Å². The molecular formula is C16H17N5O2. The molecule has 118 valence electrons. The number of rotatable bonds is 5. The summed E-state index contributed by atoms with van der Waals surface area (Å²) < 4.78 is 7.22. The maximum atomic E-state index is 12.4. The summed E-state index contributed by atoms with van der Waals surface area (Å²) in [5.74, 6) is 0.555. The van der Waals surface area contributed by atoms with E-state index in [4.69, 9.17) is 10.5 Å². The van der Waals surface area contributed by atoms with Crippen LogP contribution in [0.1, 0.15) is 23.0 Å². The molecule has 3 aromatic rings. The van der Waals surface area contributed by atoms with Gasteiger partial charge in [0.2, 0.25) is 0 Å². The molecule has 0 bridgehead atoms. The lowest BCUT2D eigenvalue weighted by molar-refractivity contribution is 0.102. The summed E-state index contributed by atoms with van der Waals surface area (Å²) in [4.78, 5) is 20.8. The molecule has 3 N–H and O–H groups in total. The lowest BCUT2D eigenvalue weighted by Gasteiger charge is -2.08. The Morgan fingerprint density at radius 3 is 3.00 bits per heavy atom. The van der Waals surface area contributed by atoms with Crippen LogP contribution in [0.4, 0.5) is 5.82 Å². The number of anilines is 1. The van der Waals surface area contributed by atoms with Crippen molar-refractivity contribution in [1.82, 2.24) is 14.4 Å². The number of nitrogens with two attached hydrogens (primary N) is 1. The van der Waals surface area contributed by atoms with E-state index in [1.807, 2.05) is 25.3 Å². The van der Waals surface area contributed by atoms with E-state index >= 15 is 0 Å². The van der Waals surface area contributed by atoms with Gasteiger partial charge in [0.25, 0.3) is 5.91 Å². The van der Waals surface area contributed by atoms with Gasteiger partial charge in [-0.2, -0.15) is 0 Å². The highest BCUT2D eigenvalue weighted by molar-refractivity contribution is 6.03. The fourth-order valence-corrected chi connectivity index (χ4v) is 2.20. The van der Waals surface area contributed by atoms with Crippen LogP contribution in [0, 0.1) is 0 Å². The summed E-state index contributed by atoms with van der Waals surface area (Å²) in [7, 11) is 0. The predicted octanol–water partition coefficient (Wildman–Crippen LogP) is 1.84. The van der Waals surface area contributed by atoms with Crippen LogP contribution in [-0.2, 0) is 6.54 Å². The molecule has 0 saturated carbocycles. The monoisotopic (exact) mass is 311 g/mol. The van der Waals surface area contributed by atoms with Crippen LogP contribution in [0.15, 0.2) is 42.9 Å². The van der Waals surface area contributed by atoms with Gasteiger partial charge in [-0.05, 0) is 30.7 Å². The zero-order chi connectivity index (χ0) is 16.2. The number of imidazole rings is 1. The molecule has 0 aliphatic carbocycles. The summed E-state index contributed by atoms with van der Waals surface area (Å²) in [6.07, 6.45) is 5.11. The lowest BCUT2D eigenvalue weighted by Crippen LogP contribution is -2.14. The van der Waals surface area contributed by atoms with Gasteiger partial charge in [0.1, 0.15) is 11.3 Å². The van der Waals surface area contributed by atoms with Gasteiger partial charge in [-0.1, -0.05) is 6.07 Å². The summed E-state index contributed by atoms with van der Waals surface area (Å²) in [5.41, 5.74) is 7.56. The van der Waals surface area contributed by atoms with Crippen LogP contribution in [0.3, 0.4) is 0 Å². The van der Waals surface area contributed by atoms with E-state index in [0.717, 1.165) is 5.56 Å². The number of amides is 1. The Bertz CT molecular complexity index is 843. The van der Waals surface area contributed by atoms with Crippen molar-refractivity contribution in [3.05, 3.63) is 54.1 Å². The van der Waals surface area contributed by atoms with Gasteiger partial charge >= 0.3 is 0 Å². The van der Waals surface area contributed by atoms with Crippen molar-refractivity contribution in [3.8, 4) is 5.75 Å². The normalized spacial score (nSPS) is 10.7.